The lowest BCUT2D eigenvalue weighted by Gasteiger charge is -2.06. The molecule has 0 aliphatic heterocycles. The van der Waals surface area contributed by atoms with Gasteiger partial charge in [0.2, 0.25) is 0 Å². The minimum absolute atomic E-state index is 0.606. The normalized spacial score (nSPS) is 10.7. The van der Waals surface area contributed by atoms with Crippen LogP contribution in [0.25, 0.3) is 16.7 Å². The van der Waals surface area contributed by atoms with Gasteiger partial charge in [-0.25, -0.2) is 9.67 Å². The summed E-state index contributed by atoms with van der Waals surface area (Å²) in [6.45, 7) is 3.90. The molecule has 0 aliphatic rings. The molecule has 0 saturated heterocycles. The van der Waals surface area contributed by atoms with Gasteiger partial charge in [-0.05, 0) is 35.8 Å². The maximum absolute atomic E-state index is 9.32. The summed E-state index contributed by atoms with van der Waals surface area (Å²) in [6.07, 6.45) is 0. The fraction of sp³-hybridized carbons (Fsp3) is 0.133. The Kier molecular flexibility index (Phi) is 3.03. The van der Waals surface area contributed by atoms with Crippen LogP contribution < -0.4 is 0 Å². The number of nitriles is 1. The van der Waals surface area contributed by atoms with Crippen molar-refractivity contribution < 1.29 is 0 Å². The van der Waals surface area contributed by atoms with Gasteiger partial charge in [-0.15, -0.1) is 0 Å². The second kappa shape index (κ2) is 4.73. The highest BCUT2D eigenvalue weighted by Crippen LogP contribution is 2.24. The Labute approximate surface area is 124 Å². The quantitative estimate of drug-likeness (QED) is 0.685. The molecule has 3 rings (SSSR count). The third-order valence-corrected chi connectivity index (χ3v) is 4.39. The molecule has 1 aromatic carbocycles. The van der Waals surface area contributed by atoms with Crippen molar-refractivity contribution in [3.05, 3.63) is 51.8 Å². The topological polar surface area (TPSA) is 54.5 Å². The SMILES string of the molecule is Cc1nn(-c2cc(C#N)c3ccccc3n2)c(C)c1Br. The predicted molar refractivity (Wildman–Crippen MR) is 80.8 cm³/mol. The van der Waals surface area contributed by atoms with Crippen LogP contribution in [0.15, 0.2) is 34.8 Å². The van der Waals surface area contributed by atoms with Crippen molar-refractivity contribution in [1.82, 2.24) is 14.8 Å². The fourth-order valence-electron chi connectivity index (χ4n) is 2.21. The Morgan fingerprint density at radius 1 is 1.25 bits per heavy atom. The zero-order chi connectivity index (χ0) is 14.3. The van der Waals surface area contributed by atoms with Gasteiger partial charge < -0.3 is 0 Å². The van der Waals surface area contributed by atoms with Gasteiger partial charge in [0.1, 0.15) is 0 Å². The molecule has 0 amide bonds. The number of pyridine rings is 1. The molecule has 2 aromatic heterocycles. The van der Waals surface area contributed by atoms with Gasteiger partial charge in [-0.1, -0.05) is 18.2 Å². The smallest absolute Gasteiger partial charge is 0.155 e. The van der Waals surface area contributed by atoms with E-state index >= 15 is 0 Å². The molecule has 0 aliphatic carbocycles. The average Bonchev–Trinajstić information content (AvgIpc) is 2.73. The molecule has 2 heterocycles. The Hall–Kier alpha value is -2.19. The molecule has 5 heteroatoms. The molecule has 0 N–H and O–H groups in total. The molecule has 4 nitrogen and oxygen atoms in total. The standard InChI is InChI=1S/C15H11BrN4/c1-9-15(16)10(2)20(19-9)14-7-11(8-17)12-5-3-4-6-13(12)18-14/h3-7H,1-2H3. The predicted octanol–water partition coefficient (Wildman–Crippen LogP) is 3.67. The van der Waals surface area contributed by atoms with Crippen LogP contribution >= 0.6 is 15.9 Å². The molecular formula is C15H11BrN4. The summed E-state index contributed by atoms with van der Waals surface area (Å²) in [5, 5.41) is 14.6. The van der Waals surface area contributed by atoms with E-state index in [9.17, 15) is 5.26 Å². The van der Waals surface area contributed by atoms with Crippen LogP contribution in [-0.2, 0) is 0 Å². The Bertz CT molecular complexity index is 858. The van der Waals surface area contributed by atoms with E-state index in [4.69, 9.17) is 0 Å². The molecule has 0 bridgehead atoms. The average molecular weight is 327 g/mol. The summed E-state index contributed by atoms with van der Waals surface area (Å²) in [5.74, 6) is 0.659. The van der Waals surface area contributed by atoms with E-state index in [0.717, 1.165) is 26.8 Å². The number of hydrogen-bond donors (Lipinski definition) is 0. The summed E-state index contributed by atoms with van der Waals surface area (Å²) in [7, 11) is 0. The highest BCUT2D eigenvalue weighted by molar-refractivity contribution is 9.10. The second-order valence-corrected chi connectivity index (χ2v) is 5.35. The van der Waals surface area contributed by atoms with Gasteiger partial charge in [0.25, 0.3) is 0 Å². The first-order valence-electron chi connectivity index (χ1n) is 6.14. The number of rotatable bonds is 1. The van der Waals surface area contributed by atoms with Crippen molar-refractivity contribution >= 4 is 26.8 Å². The van der Waals surface area contributed by atoms with E-state index in [2.05, 4.69) is 32.1 Å². The van der Waals surface area contributed by atoms with Gasteiger partial charge in [-0.3, -0.25) is 0 Å². The van der Waals surface area contributed by atoms with Gasteiger partial charge in [0.05, 0.1) is 33.0 Å². The summed E-state index contributed by atoms with van der Waals surface area (Å²) in [4.78, 5) is 4.60. The minimum atomic E-state index is 0.606. The fourth-order valence-corrected chi connectivity index (χ4v) is 2.46. The third kappa shape index (κ3) is 1.89. The zero-order valence-electron chi connectivity index (χ0n) is 11.1. The van der Waals surface area contributed by atoms with Crippen LogP contribution in [0.1, 0.15) is 17.0 Å². The van der Waals surface area contributed by atoms with E-state index in [1.54, 1.807) is 10.7 Å². The molecule has 0 radical (unpaired) electrons. The zero-order valence-corrected chi connectivity index (χ0v) is 12.6. The van der Waals surface area contributed by atoms with Gasteiger partial charge in [-0.2, -0.15) is 10.4 Å². The Morgan fingerprint density at radius 3 is 2.65 bits per heavy atom. The Morgan fingerprint density at radius 2 is 2.00 bits per heavy atom. The van der Waals surface area contributed by atoms with Gasteiger partial charge >= 0.3 is 0 Å². The van der Waals surface area contributed by atoms with Crippen molar-refractivity contribution in [3.8, 4) is 11.9 Å². The van der Waals surface area contributed by atoms with Crippen molar-refractivity contribution in [2.75, 3.05) is 0 Å². The summed E-state index contributed by atoms with van der Waals surface area (Å²) < 4.78 is 2.72. The highest BCUT2D eigenvalue weighted by Gasteiger charge is 2.13. The molecule has 3 aromatic rings. The third-order valence-electron chi connectivity index (χ3n) is 3.24. The largest absolute Gasteiger partial charge is 0.229 e. The van der Waals surface area contributed by atoms with Crippen molar-refractivity contribution in [2.24, 2.45) is 0 Å². The number of nitrogens with zero attached hydrogens (tertiary/aromatic N) is 4. The number of aryl methyl sites for hydroxylation is 1. The van der Waals surface area contributed by atoms with Crippen LogP contribution in [-0.4, -0.2) is 14.8 Å². The summed E-state index contributed by atoms with van der Waals surface area (Å²) >= 11 is 3.51. The number of hydrogen-bond acceptors (Lipinski definition) is 3. The molecular weight excluding hydrogens is 316 g/mol. The Balaban J connectivity index is 2.32. The maximum atomic E-state index is 9.32. The minimum Gasteiger partial charge on any atom is -0.229 e. The van der Waals surface area contributed by atoms with Crippen molar-refractivity contribution in [3.63, 3.8) is 0 Å². The second-order valence-electron chi connectivity index (χ2n) is 4.55. The lowest BCUT2D eigenvalue weighted by molar-refractivity contribution is 0.810. The number of fused-ring (bicyclic) bond motifs is 1. The van der Waals surface area contributed by atoms with E-state index in [1.807, 2.05) is 38.1 Å². The maximum Gasteiger partial charge on any atom is 0.155 e. The van der Waals surface area contributed by atoms with Crippen molar-refractivity contribution in [1.29, 1.82) is 5.26 Å². The first-order chi connectivity index (χ1) is 9.61. The van der Waals surface area contributed by atoms with Crippen molar-refractivity contribution in [2.45, 2.75) is 13.8 Å². The number of halogens is 1. The van der Waals surface area contributed by atoms with Gasteiger partial charge in [0, 0.05) is 11.5 Å². The molecule has 20 heavy (non-hydrogen) atoms. The van der Waals surface area contributed by atoms with Crippen LogP contribution in [0.3, 0.4) is 0 Å². The van der Waals surface area contributed by atoms with E-state index in [1.165, 1.54) is 0 Å². The molecule has 98 valence electrons. The molecule has 0 unspecified atom stereocenters. The monoisotopic (exact) mass is 326 g/mol. The van der Waals surface area contributed by atoms with E-state index < -0.39 is 0 Å². The number of para-hydroxylation sites is 1. The number of aromatic nitrogens is 3. The number of benzene rings is 1. The summed E-state index contributed by atoms with van der Waals surface area (Å²) in [6, 6.07) is 11.6. The highest BCUT2D eigenvalue weighted by atomic mass is 79.9. The first-order valence-corrected chi connectivity index (χ1v) is 6.93. The molecule has 0 spiro atoms. The molecule has 0 fully saturated rings. The summed E-state index contributed by atoms with van der Waals surface area (Å²) in [5.41, 5.74) is 3.27. The molecule has 0 saturated carbocycles. The van der Waals surface area contributed by atoms with Crippen LogP contribution in [0, 0.1) is 25.2 Å². The van der Waals surface area contributed by atoms with Gasteiger partial charge in [0.15, 0.2) is 5.82 Å². The first kappa shape index (κ1) is 12.8. The lowest BCUT2D eigenvalue weighted by Crippen LogP contribution is -2.03. The van der Waals surface area contributed by atoms with Crippen LogP contribution in [0.2, 0.25) is 0 Å². The van der Waals surface area contributed by atoms with E-state index in [0.29, 0.717) is 11.4 Å². The van der Waals surface area contributed by atoms with Crippen LogP contribution in [0.5, 0.6) is 0 Å². The van der Waals surface area contributed by atoms with E-state index in [-0.39, 0.29) is 0 Å². The van der Waals surface area contributed by atoms with Crippen LogP contribution in [0.4, 0.5) is 0 Å². The molecule has 0 atom stereocenters. The lowest BCUT2D eigenvalue weighted by atomic mass is 10.1.